The van der Waals surface area contributed by atoms with Crippen molar-refractivity contribution in [1.82, 2.24) is 10.3 Å². The highest BCUT2D eigenvalue weighted by Gasteiger charge is 2.33. The van der Waals surface area contributed by atoms with Gasteiger partial charge >= 0.3 is 0 Å². The summed E-state index contributed by atoms with van der Waals surface area (Å²) in [5.74, 6) is 0.980. The van der Waals surface area contributed by atoms with E-state index in [-0.39, 0.29) is 0 Å². The maximum absolute atomic E-state index is 4.36. The van der Waals surface area contributed by atoms with Gasteiger partial charge in [-0.2, -0.15) is 0 Å². The summed E-state index contributed by atoms with van der Waals surface area (Å²) in [6.45, 7) is 0. The van der Waals surface area contributed by atoms with Gasteiger partial charge < -0.3 is 10.6 Å². The number of aromatic nitrogens is 1. The molecule has 0 amide bonds. The summed E-state index contributed by atoms with van der Waals surface area (Å²) >= 11 is 3.53. The van der Waals surface area contributed by atoms with E-state index >= 15 is 0 Å². The third-order valence-corrected chi connectivity index (χ3v) is 4.21. The molecule has 16 heavy (non-hydrogen) atoms. The first-order valence-corrected chi connectivity index (χ1v) is 6.73. The molecule has 2 atom stereocenters. The van der Waals surface area contributed by atoms with E-state index in [0.29, 0.717) is 6.04 Å². The van der Waals surface area contributed by atoms with Crippen LogP contribution >= 0.6 is 15.9 Å². The highest BCUT2D eigenvalue weighted by Crippen LogP contribution is 2.29. The molecule has 2 unspecified atom stereocenters. The first-order valence-electron chi connectivity index (χ1n) is 5.94. The average molecular weight is 282 g/mol. The Balaban J connectivity index is 1.69. The molecule has 3 rings (SSSR count). The molecule has 2 bridgehead atoms. The fourth-order valence-corrected chi connectivity index (χ4v) is 3.23. The van der Waals surface area contributed by atoms with Gasteiger partial charge in [-0.1, -0.05) is 0 Å². The van der Waals surface area contributed by atoms with Gasteiger partial charge in [0.2, 0.25) is 0 Å². The van der Waals surface area contributed by atoms with E-state index in [2.05, 4.69) is 31.5 Å². The van der Waals surface area contributed by atoms with Crippen LogP contribution in [0.2, 0.25) is 0 Å². The van der Waals surface area contributed by atoms with Gasteiger partial charge in [0.05, 0.1) is 4.47 Å². The van der Waals surface area contributed by atoms with Gasteiger partial charge in [-0.3, -0.25) is 0 Å². The van der Waals surface area contributed by atoms with Crippen LogP contribution in [-0.2, 0) is 0 Å². The Kier molecular flexibility index (Phi) is 2.86. The highest BCUT2D eigenvalue weighted by molar-refractivity contribution is 9.10. The smallest absolute Gasteiger partial charge is 0.140 e. The molecule has 86 valence electrons. The number of piperidine rings is 1. The summed E-state index contributed by atoms with van der Waals surface area (Å²) in [6, 6.07) is 5.99. The lowest BCUT2D eigenvalue weighted by Gasteiger charge is -2.30. The second-order valence-electron chi connectivity index (χ2n) is 4.78. The molecule has 2 aliphatic heterocycles. The lowest BCUT2D eigenvalue weighted by Crippen LogP contribution is -2.43. The second-order valence-corrected chi connectivity index (χ2v) is 5.64. The molecule has 0 aromatic carbocycles. The van der Waals surface area contributed by atoms with Crippen LogP contribution in [0.15, 0.2) is 22.8 Å². The number of hydrogen-bond donors (Lipinski definition) is 2. The Morgan fingerprint density at radius 3 is 2.75 bits per heavy atom. The normalized spacial score (nSPS) is 32.7. The Hall–Kier alpha value is -0.610. The lowest BCUT2D eigenvalue weighted by molar-refractivity contribution is 0.377. The first-order chi connectivity index (χ1) is 7.81. The number of halogens is 1. The standard InChI is InChI=1S/C12H16BrN3/c13-11-2-1-5-14-12(11)16-10-6-8-3-4-9(7-10)15-8/h1-2,5,8-10,15H,3-4,6-7H2,(H,14,16). The van der Waals surface area contributed by atoms with E-state index in [1.165, 1.54) is 25.7 Å². The minimum Gasteiger partial charge on any atom is -0.366 e. The number of fused-ring (bicyclic) bond motifs is 2. The largest absolute Gasteiger partial charge is 0.366 e. The van der Waals surface area contributed by atoms with Crippen LogP contribution in [-0.4, -0.2) is 23.1 Å². The van der Waals surface area contributed by atoms with Crippen LogP contribution in [0.25, 0.3) is 0 Å². The van der Waals surface area contributed by atoms with E-state index in [9.17, 15) is 0 Å². The summed E-state index contributed by atoms with van der Waals surface area (Å²) in [6.07, 6.45) is 6.96. The quantitative estimate of drug-likeness (QED) is 0.875. The van der Waals surface area contributed by atoms with E-state index in [1.807, 2.05) is 18.3 Å². The molecule has 1 aromatic rings. The van der Waals surface area contributed by atoms with Crippen LogP contribution in [0.4, 0.5) is 5.82 Å². The van der Waals surface area contributed by atoms with Crippen LogP contribution in [0.3, 0.4) is 0 Å². The molecular formula is C12H16BrN3. The number of anilines is 1. The van der Waals surface area contributed by atoms with Crippen molar-refractivity contribution in [2.24, 2.45) is 0 Å². The number of hydrogen-bond acceptors (Lipinski definition) is 3. The third-order valence-electron chi connectivity index (χ3n) is 3.57. The summed E-state index contributed by atoms with van der Waals surface area (Å²) in [7, 11) is 0. The molecule has 3 heterocycles. The van der Waals surface area contributed by atoms with Crippen LogP contribution in [0, 0.1) is 0 Å². The molecule has 2 aliphatic rings. The van der Waals surface area contributed by atoms with E-state index in [1.54, 1.807) is 0 Å². The van der Waals surface area contributed by atoms with Crippen molar-refractivity contribution >= 4 is 21.7 Å². The second kappa shape index (κ2) is 4.34. The Morgan fingerprint density at radius 2 is 2.06 bits per heavy atom. The van der Waals surface area contributed by atoms with E-state index < -0.39 is 0 Å². The summed E-state index contributed by atoms with van der Waals surface area (Å²) in [5.41, 5.74) is 0. The van der Waals surface area contributed by atoms with Gasteiger partial charge in [-0.05, 0) is 53.7 Å². The van der Waals surface area contributed by atoms with Crippen molar-refractivity contribution < 1.29 is 0 Å². The van der Waals surface area contributed by atoms with Gasteiger partial charge in [0.1, 0.15) is 5.82 Å². The molecule has 3 nitrogen and oxygen atoms in total. The van der Waals surface area contributed by atoms with Crippen LogP contribution in [0.1, 0.15) is 25.7 Å². The van der Waals surface area contributed by atoms with Crippen molar-refractivity contribution in [3.63, 3.8) is 0 Å². The van der Waals surface area contributed by atoms with Gasteiger partial charge in [-0.25, -0.2) is 4.98 Å². The molecule has 1 aromatic heterocycles. The number of pyridine rings is 1. The van der Waals surface area contributed by atoms with Gasteiger partial charge in [0.15, 0.2) is 0 Å². The Bertz CT molecular complexity index is 370. The van der Waals surface area contributed by atoms with Crippen LogP contribution < -0.4 is 10.6 Å². The van der Waals surface area contributed by atoms with E-state index in [4.69, 9.17) is 0 Å². The first kappa shape index (κ1) is 10.5. The van der Waals surface area contributed by atoms with Crippen molar-refractivity contribution in [3.05, 3.63) is 22.8 Å². The number of nitrogens with zero attached hydrogens (tertiary/aromatic N) is 1. The molecule has 2 fully saturated rings. The molecule has 0 radical (unpaired) electrons. The van der Waals surface area contributed by atoms with Crippen molar-refractivity contribution in [1.29, 1.82) is 0 Å². The summed E-state index contributed by atoms with van der Waals surface area (Å²) in [5, 5.41) is 7.20. The molecular weight excluding hydrogens is 266 g/mol. The zero-order chi connectivity index (χ0) is 11.0. The fourth-order valence-electron chi connectivity index (χ4n) is 2.86. The van der Waals surface area contributed by atoms with Crippen LogP contribution in [0.5, 0.6) is 0 Å². The SMILES string of the molecule is Brc1cccnc1NC1CC2CCC(C1)N2. The fraction of sp³-hybridized carbons (Fsp3) is 0.583. The molecule has 2 saturated heterocycles. The van der Waals surface area contributed by atoms with Gasteiger partial charge in [0.25, 0.3) is 0 Å². The molecule has 0 spiro atoms. The average Bonchev–Trinajstić information content (AvgIpc) is 2.62. The molecule has 4 heteroatoms. The predicted octanol–water partition coefficient (Wildman–Crippen LogP) is 2.54. The molecule has 0 saturated carbocycles. The number of nitrogens with one attached hydrogen (secondary N) is 2. The Labute approximate surface area is 104 Å². The monoisotopic (exact) mass is 281 g/mol. The summed E-state index contributed by atoms with van der Waals surface area (Å²) in [4.78, 5) is 4.36. The van der Waals surface area contributed by atoms with Crippen molar-refractivity contribution in [3.8, 4) is 0 Å². The topological polar surface area (TPSA) is 37.0 Å². The zero-order valence-electron chi connectivity index (χ0n) is 9.12. The maximum Gasteiger partial charge on any atom is 0.140 e. The molecule has 0 aliphatic carbocycles. The predicted molar refractivity (Wildman–Crippen MR) is 68.5 cm³/mol. The van der Waals surface area contributed by atoms with Crippen molar-refractivity contribution in [2.75, 3.05) is 5.32 Å². The zero-order valence-corrected chi connectivity index (χ0v) is 10.7. The summed E-state index contributed by atoms with van der Waals surface area (Å²) < 4.78 is 1.06. The van der Waals surface area contributed by atoms with Crippen molar-refractivity contribution in [2.45, 2.75) is 43.8 Å². The maximum atomic E-state index is 4.36. The molecule has 2 N–H and O–H groups in total. The minimum absolute atomic E-state index is 0.574. The van der Waals surface area contributed by atoms with Gasteiger partial charge in [-0.15, -0.1) is 0 Å². The Morgan fingerprint density at radius 1 is 1.31 bits per heavy atom. The highest BCUT2D eigenvalue weighted by atomic mass is 79.9. The number of rotatable bonds is 2. The van der Waals surface area contributed by atoms with E-state index in [0.717, 1.165) is 22.4 Å². The third kappa shape index (κ3) is 2.09. The van der Waals surface area contributed by atoms with Gasteiger partial charge in [0, 0.05) is 24.3 Å². The minimum atomic E-state index is 0.574. The lowest BCUT2D eigenvalue weighted by atomic mass is 10.00.